The van der Waals surface area contributed by atoms with Crippen LogP contribution in [-0.4, -0.2) is 70.8 Å². The summed E-state index contributed by atoms with van der Waals surface area (Å²) in [5.41, 5.74) is 2.20. The second kappa shape index (κ2) is 8.69. The lowest BCUT2D eigenvalue weighted by atomic mass is 10.1. The molecule has 0 saturated carbocycles. The van der Waals surface area contributed by atoms with E-state index in [1.807, 2.05) is 24.3 Å². The highest BCUT2D eigenvalue weighted by Gasteiger charge is 2.33. The van der Waals surface area contributed by atoms with Crippen LogP contribution in [0.25, 0.3) is 16.9 Å². The quantitative estimate of drug-likeness (QED) is 0.421. The summed E-state index contributed by atoms with van der Waals surface area (Å²) in [6, 6.07) is 7.72. The average Bonchev–Trinajstić information content (AvgIpc) is 3.36. The van der Waals surface area contributed by atoms with Crippen molar-refractivity contribution in [1.29, 1.82) is 0 Å². The van der Waals surface area contributed by atoms with Crippen LogP contribution in [0.4, 0.5) is 5.82 Å². The molecule has 3 aromatic heterocycles. The van der Waals surface area contributed by atoms with Crippen LogP contribution in [0, 0.1) is 13.8 Å². The lowest BCUT2D eigenvalue weighted by molar-refractivity contribution is 0.389. The number of fused-ring (bicyclic) bond motifs is 1. The van der Waals surface area contributed by atoms with E-state index in [4.69, 9.17) is 9.26 Å². The number of nitrogens with zero attached hydrogens (tertiary/aromatic N) is 7. The molecule has 0 amide bonds. The van der Waals surface area contributed by atoms with Gasteiger partial charge in [0.1, 0.15) is 28.5 Å². The van der Waals surface area contributed by atoms with E-state index >= 15 is 0 Å². The zero-order chi connectivity index (χ0) is 23.9. The number of anilines is 1. The highest BCUT2D eigenvalue weighted by Crippen LogP contribution is 2.33. The Morgan fingerprint density at radius 1 is 1.03 bits per heavy atom. The van der Waals surface area contributed by atoms with E-state index in [0.29, 0.717) is 49.8 Å². The molecule has 0 N–H and O–H groups in total. The van der Waals surface area contributed by atoms with Crippen molar-refractivity contribution in [1.82, 2.24) is 29.0 Å². The van der Waals surface area contributed by atoms with Crippen LogP contribution in [0.3, 0.4) is 0 Å². The van der Waals surface area contributed by atoms with Crippen molar-refractivity contribution < 1.29 is 17.7 Å². The highest BCUT2D eigenvalue weighted by atomic mass is 32.2. The average molecular weight is 484 g/mol. The second-order valence-corrected chi connectivity index (χ2v) is 9.97. The Balaban J connectivity index is 1.50. The summed E-state index contributed by atoms with van der Waals surface area (Å²) < 4.78 is 40.3. The Labute approximate surface area is 197 Å². The van der Waals surface area contributed by atoms with E-state index in [1.54, 1.807) is 31.7 Å². The van der Waals surface area contributed by atoms with Crippen LogP contribution in [0.1, 0.15) is 17.9 Å². The molecular weight excluding hydrogens is 458 g/mol. The molecule has 0 spiro atoms. The van der Waals surface area contributed by atoms with Gasteiger partial charge in [0.15, 0.2) is 5.76 Å². The predicted molar refractivity (Wildman–Crippen MR) is 124 cm³/mol. The third kappa shape index (κ3) is 3.78. The Morgan fingerprint density at radius 2 is 1.82 bits per heavy atom. The fourth-order valence-electron chi connectivity index (χ4n) is 4.36. The highest BCUT2D eigenvalue weighted by molar-refractivity contribution is 7.89. The van der Waals surface area contributed by atoms with E-state index < -0.39 is 10.0 Å². The Kier molecular flexibility index (Phi) is 5.70. The van der Waals surface area contributed by atoms with Gasteiger partial charge in [0.2, 0.25) is 10.0 Å². The molecule has 5 rings (SSSR count). The van der Waals surface area contributed by atoms with Crippen molar-refractivity contribution in [2.24, 2.45) is 0 Å². The summed E-state index contributed by atoms with van der Waals surface area (Å²) >= 11 is 0. The molecule has 1 aliphatic heterocycles. The van der Waals surface area contributed by atoms with Crippen molar-refractivity contribution in [2.45, 2.75) is 25.2 Å². The summed E-state index contributed by atoms with van der Waals surface area (Å²) in [4.78, 5) is 11.0. The molecule has 12 heteroatoms. The van der Waals surface area contributed by atoms with Crippen LogP contribution in [0.15, 0.2) is 46.2 Å². The number of rotatable bonds is 5. The van der Waals surface area contributed by atoms with E-state index in [2.05, 4.69) is 25.1 Å². The summed E-state index contributed by atoms with van der Waals surface area (Å²) in [6.07, 6.45) is 3.89. The zero-order valence-electron chi connectivity index (χ0n) is 19.2. The predicted octanol–water partition coefficient (Wildman–Crippen LogP) is 2.31. The van der Waals surface area contributed by atoms with Gasteiger partial charge in [-0.2, -0.15) is 18.9 Å². The molecular formula is C22H25N7O4S. The van der Waals surface area contributed by atoms with Crippen LogP contribution >= 0.6 is 0 Å². The van der Waals surface area contributed by atoms with Crippen LogP contribution < -0.4 is 9.64 Å². The minimum Gasteiger partial charge on any atom is -0.497 e. The SMILES string of the molecule is COc1ccc(-c2cnc3ncnn3c2N2CCCN(S(=O)(=O)c3c(C)noc3C)CC2)cc1. The molecule has 0 atom stereocenters. The standard InChI is InChI=1S/C22H25N7O4S/c1-15-20(16(2)33-26-15)34(30,31)28-10-4-9-27(11-12-28)21-19(13-23-22-24-14-25-29(21)22)17-5-7-18(32-3)8-6-17/h5-8,13-14H,4,9-12H2,1-3H3. The largest absolute Gasteiger partial charge is 0.497 e. The minimum atomic E-state index is -3.72. The molecule has 0 unspecified atom stereocenters. The van der Waals surface area contributed by atoms with Gasteiger partial charge in [0.25, 0.3) is 5.78 Å². The number of sulfonamides is 1. The first kappa shape index (κ1) is 22.3. The maximum absolute atomic E-state index is 13.4. The lowest BCUT2D eigenvalue weighted by Crippen LogP contribution is -2.36. The number of hydrogen-bond donors (Lipinski definition) is 0. The van der Waals surface area contributed by atoms with Gasteiger partial charge in [-0.1, -0.05) is 17.3 Å². The van der Waals surface area contributed by atoms with Crippen molar-refractivity contribution in [2.75, 3.05) is 38.2 Å². The summed E-state index contributed by atoms with van der Waals surface area (Å²) in [5, 5.41) is 8.22. The first-order valence-electron chi connectivity index (χ1n) is 10.9. The van der Waals surface area contributed by atoms with Gasteiger partial charge in [0.05, 0.1) is 7.11 Å². The number of aryl methyl sites for hydroxylation is 2. The van der Waals surface area contributed by atoms with Crippen molar-refractivity contribution in [3.05, 3.63) is 48.2 Å². The third-order valence-electron chi connectivity index (χ3n) is 6.00. The fourth-order valence-corrected chi connectivity index (χ4v) is 6.12. The first-order valence-corrected chi connectivity index (χ1v) is 12.4. The molecule has 34 heavy (non-hydrogen) atoms. The second-order valence-electron chi connectivity index (χ2n) is 8.09. The first-order chi connectivity index (χ1) is 16.4. The molecule has 1 saturated heterocycles. The van der Waals surface area contributed by atoms with Gasteiger partial charge in [-0.25, -0.2) is 13.4 Å². The van der Waals surface area contributed by atoms with Gasteiger partial charge >= 0.3 is 0 Å². The Bertz CT molecular complexity index is 1410. The van der Waals surface area contributed by atoms with Crippen LogP contribution in [0.2, 0.25) is 0 Å². The molecule has 178 valence electrons. The molecule has 1 aliphatic rings. The normalized spacial score (nSPS) is 15.6. The van der Waals surface area contributed by atoms with E-state index in [-0.39, 0.29) is 4.90 Å². The molecule has 4 heterocycles. The lowest BCUT2D eigenvalue weighted by Gasteiger charge is -2.26. The number of aromatic nitrogens is 5. The van der Waals surface area contributed by atoms with Gasteiger partial charge in [-0.3, -0.25) is 0 Å². The maximum Gasteiger partial charge on any atom is 0.254 e. The molecule has 0 radical (unpaired) electrons. The molecule has 0 aliphatic carbocycles. The Morgan fingerprint density at radius 3 is 2.53 bits per heavy atom. The number of ether oxygens (including phenoxy) is 1. The molecule has 0 bridgehead atoms. The van der Waals surface area contributed by atoms with Gasteiger partial charge in [-0.15, -0.1) is 0 Å². The zero-order valence-corrected chi connectivity index (χ0v) is 20.0. The van der Waals surface area contributed by atoms with E-state index in [1.165, 1.54) is 10.6 Å². The topological polar surface area (TPSA) is 119 Å². The smallest absolute Gasteiger partial charge is 0.254 e. The maximum atomic E-state index is 13.4. The van der Waals surface area contributed by atoms with E-state index in [0.717, 1.165) is 22.7 Å². The minimum absolute atomic E-state index is 0.155. The summed E-state index contributed by atoms with van der Waals surface area (Å²) in [6.45, 7) is 5.10. The van der Waals surface area contributed by atoms with Crippen molar-refractivity contribution in [3.63, 3.8) is 0 Å². The summed E-state index contributed by atoms with van der Waals surface area (Å²) in [7, 11) is -2.09. The van der Waals surface area contributed by atoms with Crippen molar-refractivity contribution in [3.8, 4) is 16.9 Å². The van der Waals surface area contributed by atoms with Gasteiger partial charge in [-0.05, 0) is 38.0 Å². The Hall–Kier alpha value is -3.51. The number of hydrogen-bond acceptors (Lipinski definition) is 9. The number of methoxy groups -OCH3 is 1. The van der Waals surface area contributed by atoms with Gasteiger partial charge < -0.3 is 14.2 Å². The summed E-state index contributed by atoms with van der Waals surface area (Å²) in [5.74, 6) is 2.37. The fraction of sp³-hybridized carbons (Fsp3) is 0.364. The van der Waals surface area contributed by atoms with Gasteiger partial charge in [0, 0.05) is 37.9 Å². The van der Waals surface area contributed by atoms with Crippen LogP contribution in [0.5, 0.6) is 5.75 Å². The molecule has 4 aromatic rings. The number of benzene rings is 1. The van der Waals surface area contributed by atoms with Crippen LogP contribution in [-0.2, 0) is 10.0 Å². The third-order valence-corrected chi connectivity index (χ3v) is 8.15. The molecule has 11 nitrogen and oxygen atoms in total. The van der Waals surface area contributed by atoms with E-state index in [9.17, 15) is 8.42 Å². The molecule has 1 aromatic carbocycles. The molecule has 1 fully saturated rings. The van der Waals surface area contributed by atoms with Crippen molar-refractivity contribution >= 4 is 21.6 Å². The monoisotopic (exact) mass is 483 g/mol.